The van der Waals surface area contributed by atoms with Gasteiger partial charge in [0.15, 0.2) is 0 Å². The fraction of sp³-hybridized carbons (Fsp3) is 0.545. The third-order valence-electron chi connectivity index (χ3n) is 2.18. The van der Waals surface area contributed by atoms with E-state index >= 15 is 0 Å². The minimum absolute atomic E-state index is 0.177. The molecule has 0 bridgehead atoms. The van der Waals surface area contributed by atoms with Gasteiger partial charge in [0.05, 0.1) is 6.61 Å². The minimum Gasteiger partial charge on any atom is -0.465 e. The molecule has 3 nitrogen and oxygen atoms in total. The van der Waals surface area contributed by atoms with Gasteiger partial charge in [0.2, 0.25) is 0 Å². The summed E-state index contributed by atoms with van der Waals surface area (Å²) in [5.74, 6) is -0.195. The smallest absolute Gasteiger partial charge is 0.322 e. The zero-order chi connectivity index (χ0) is 11.3. The van der Waals surface area contributed by atoms with Crippen LogP contribution >= 0.6 is 11.3 Å². The number of thiophene rings is 1. The van der Waals surface area contributed by atoms with Crippen LogP contribution in [0.5, 0.6) is 0 Å². The van der Waals surface area contributed by atoms with Gasteiger partial charge in [-0.25, -0.2) is 0 Å². The van der Waals surface area contributed by atoms with Gasteiger partial charge in [-0.3, -0.25) is 10.1 Å². The van der Waals surface area contributed by atoms with Crippen LogP contribution < -0.4 is 5.32 Å². The van der Waals surface area contributed by atoms with E-state index in [1.807, 2.05) is 26.2 Å². The highest BCUT2D eigenvalue weighted by Gasteiger charge is 2.16. The van der Waals surface area contributed by atoms with Crippen molar-refractivity contribution in [1.82, 2.24) is 5.32 Å². The Balaban J connectivity index is 2.44. The molecule has 1 rings (SSSR count). The molecule has 0 fully saturated rings. The predicted octanol–water partition coefficient (Wildman–Crippen LogP) is 2.35. The first kappa shape index (κ1) is 12.2. The van der Waals surface area contributed by atoms with Crippen molar-refractivity contribution in [3.8, 4) is 0 Å². The summed E-state index contributed by atoms with van der Waals surface area (Å²) in [4.78, 5) is 11.4. The second-order valence-corrected chi connectivity index (χ2v) is 4.20. The molecule has 0 radical (unpaired) electrons. The number of hydrogen-bond acceptors (Lipinski definition) is 4. The standard InChI is InChI=1S/C11H17NO2S/c1-4-14-11(13)9(3)12-8(2)10-5-6-15-7-10/h5-9,12H,4H2,1-3H3. The second kappa shape index (κ2) is 5.88. The molecule has 0 aliphatic rings. The van der Waals surface area contributed by atoms with Gasteiger partial charge in [-0.15, -0.1) is 0 Å². The number of rotatable bonds is 5. The lowest BCUT2D eigenvalue weighted by Gasteiger charge is -2.17. The minimum atomic E-state index is -0.264. The Morgan fingerprint density at radius 2 is 2.33 bits per heavy atom. The van der Waals surface area contributed by atoms with Crippen LogP contribution in [-0.4, -0.2) is 18.6 Å². The van der Waals surface area contributed by atoms with Crippen LogP contribution in [0.1, 0.15) is 32.4 Å². The summed E-state index contributed by atoms with van der Waals surface area (Å²) >= 11 is 1.66. The number of carbonyl (C=O) groups is 1. The Hall–Kier alpha value is -0.870. The maximum atomic E-state index is 11.4. The molecule has 0 saturated carbocycles. The van der Waals surface area contributed by atoms with Gasteiger partial charge in [0.25, 0.3) is 0 Å². The Kier molecular flexibility index (Phi) is 4.78. The van der Waals surface area contributed by atoms with E-state index in [9.17, 15) is 4.79 Å². The normalized spacial score (nSPS) is 14.6. The molecule has 0 saturated heterocycles. The Labute approximate surface area is 94.5 Å². The molecule has 1 aromatic heterocycles. The lowest BCUT2D eigenvalue weighted by molar-refractivity contribution is -0.145. The number of hydrogen-bond donors (Lipinski definition) is 1. The first-order valence-corrected chi connectivity index (χ1v) is 6.04. The van der Waals surface area contributed by atoms with Crippen molar-refractivity contribution in [3.05, 3.63) is 22.4 Å². The molecular weight excluding hydrogens is 210 g/mol. The van der Waals surface area contributed by atoms with Crippen LogP contribution in [0.25, 0.3) is 0 Å². The molecule has 1 heterocycles. The molecular formula is C11H17NO2S. The van der Waals surface area contributed by atoms with E-state index in [1.165, 1.54) is 5.56 Å². The van der Waals surface area contributed by atoms with Crippen molar-refractivity contribution in [3.63, 3.8) is 0 Å². The van der Waals surface area contributed by atoms with Crippen LogP contribution in [0.15, 0.2) is 16.8 Å². The molecule has 0 aromatic carbocycles. The van der Waals surface area contributed by atoms with E-state index in [0.29, 0.717) is 6.61 Å². The van der Waals surface area contributed by atoms with Gasteiger partial charge in [0.1, 0.15) is 6.04 Å². The average molecular weight is 227 g/mol. The van der Waals surface area contributed by atoms with Crippen LogP contribution in [0.2, 0.25) is 0 Å². The average Bonchev–Trinajstić information content (AvgIpc) is 2.70. The molecule has 1 N–H and O–H groups in total. The van der Waals surface area contributed by atoms with Crippen molar-refractivity contribution in [2.45, 2.75) is 32.9 Å². The van der Waals surface area contributed by atoms with Crippen LogP contribution in [0.4, 0.5) is 0 Å². The van der Waals surface area contributed by atoms with E-state index in [-0.39, 0.29) is 18.1 Å². The van der Waals surface area contributed by atoms with Gasteiger partial charge in [-0.2, -0.15) is 11.3 Å². The van der Waals surface area contributed by atoms with Crippen LogP contribution in [-0.2, 0) is 9.53 Å². The summed E-state index contributed by atoms with van der Waals surface area (Å²) in [5.41, 5.74) is 1.20. The Bertz CT molecular complexity index is 298. The number of nitrogens with one attached hydrogen (secondary N) is 1. The van der Waals surface area contributed by atoms with Crippen molar-refractivity contribution >= 4 is 17.3 Å². The predicted molar refractivity (Wildman–Crippen MR) is 62.0 cm³/mol. The van der Waals surface area contributed by atoms with Crippen LogP contribution in [0.3, 0.4) is 0 Å². The van der Waals surface area contributed by atoms with E-state index in [0.717, 1.165) is 0 Å². The fourth-order valence-corrected chi connectivity index (χ4v) is 2.08. The number of esters is 1. The lowest BCUT2D eigenvalue weighted by atomic mass is 10.1. The Morgan fingerprint density at radius 3 is 2.87 bits per heavy atom. The van der Waals surface area contributed by atoms with E-state index in [1.54, 1.807) is 11.3 Å². The van der Waals surface area contributed by atoms with Gasteiger partial charge in [-0.05, 0) is 43.2 Å². The SMILES string of the molecule is CCOC(=O)C(C)NC(C)c1ccsc1. The summed E-state index contributed by atoms with van der Waals surface area (Å²) in [7, 11) is 0. The largest absolute Gasteiger partial charge is 0.465 e. The summed E-state index contributed by atoms with van der Waals surface area (Å²) in [5, 5.41) is 7.31. The molecule has 2 unspecified atom stereocenters. The molecule has 84 valence electrons. The molecule has 15 heavy (non-hydrogen) atoms. The van der Waals surface area contributed by atoms with Gasteiger partial charge in [-0.1, -0.05) is 0 Å². The van der Waals surface area contributed by atoms with Crippen molar-refractivity contribution in [2.24, 2.45) is 0 Å². The maximum Gasteiger partial charge on any atom is 0.322 e. The monoisotopic (exact) mass is 227 g/mol. The van der Waals surface area contributed by atoms with E-state index in [4.69, 9.17) is 4.74 Å². The topological polar surface area (TPSA) is 38.3 Å². The molecule has 4 heteroatoms. The van der Waals surface area contributed by atoms with E-state index in [2.05, 4.69) is 16.8 Å². The summed E-state index contributed by atoms with van der Waals surface area (Å²) in [6.45, 7) is 6.10. The molecule has 0 amide bonds. The van der Waals surface area contributed by atoms with Gasteiger partial charge >= 0.3 is 5.97 Å². The number of carbonyl (C=O) groups excluding carboxylic acids is 1. The highest BCUT2D eigenvalue weighted by molar-refractivity contribution is 7.07. The van der Waals surface area contributed by atoms with Crippen molar-refractivity contribution < 1.29 is 9.53 Å². The third kappa shape index (κ3) is 3.64. The second-order valence-electron chi connectivity index (χ2n) is 3.42. The summed E-state index contributed by atoms with van der Waals surface area (Å²) in [6.07, 6.45) is 0. The maximum absolute atomic E-state index is 11.4. The fourth-order valence-electron chi connectivity index (χ4n) is 1.33. The quantitative estimate of drug-likeness (QED) is 0.785. The van der Waals surface area contributed by atoms with Gasteiger partial charge < -0.3 is 4.74 Å². The van der Waals surface area contributed by atoms with Crippen LogP contribution in [0, 0.1) is 0 Å². The highest BCUT2D eigenvalue weighted by Crippen LogP contribution is 2.16. The Morgan fingerprint density at radius 1 is 1.60 bits per heavy atom. The summed E-state index contributed by atoms with van der Waals surface area (Å²) < 4.78 is 4.92. The van der Waals surface area contributed by atoms with Crippen molar-refractivity contribution in [2.75, 3.05) is 6.61 Å². The first-order chi connectivity index (χ1) is 7.15. The number of ether oxygens (including phenoxy) is 1. The van der Waals surface area contributed by atoms with E-state index < -0.39 is 0 Å². The third-order valence-corrected chi connectivity index (χ3v) is 2.88. The van der Waals surface area contributed by atoms with Gasteiger partial charge in [0, 0.05) is 6.04 Å². The zero-order valence-electron chi connectivity index (χ0n) is 9.32. The molecule has 2 atom stereocenters. The highest BCUT2D eigenvalue weighted by atomic mass is 32.1. The molecule has 0 aliphatic carbocycles. The van der Waals surface area contributed by atoms with Crippen molar-refractivity contribution in [1.29, 1.82) is 0 Å². The summed E-state index contributed by atoms with van der Waals surface area (Å²) in [6, 6.07) is 1.97. The lowest BCUT2D eigenvalue weighted by Crippen LogP contribution is -2.36. The molecule has 0 aliphatic heterocycles. The zero-order valence-corrected chi connectivity index (χ0v) is 10.1. The molecule has 1 aromatic rings. The first-order valence-electron chi connectivity index (χ1n) is 5.10. The molecule has 0 spiro atoms.